The van der Waals surface area contributed by atoms with Crippen LogP contribution in [0.3, 0.4) is 0 Å². The third kappa shape index (κ3) is 5.97. The van der Waals surface area contributed by atoms with Gasteiger partial charge in [-0.3, -0.25) is 9.59 Å². The molecule has 0 aliphatic carbocycles. The van der Waals surface area contributed by atoms with E-state index in [1.54, 1.807) is 55.6 Å². The molecule has 0 aliphatic rings. The molecule has 2 amide bonds. The Morgan fingerprint density at radius 3 is 2.35 bits per heavy atom. The van der Waals surface area contributed by atoms with Crippen LogP contribution < -0.4 is 14.8 Å². The maximum absolute atomic E-state index is 12.2. The zero-order valence-electron chi connectivity index (χ0n) is 14.7. The van der Waals surface area contributed by atoms with Crippen molar-refractivity contribution in [2.24, 2.45) is 0 Å². The van der Waals surface area contributed by atoms with Crippen molar-refractivity contribution in [3.63, 3.8) is 0 Å². The zero-order chi connectivity index (χ0) is 18.9. The molecule has 0 spiro atoms. The van der Waals surface area contributed by atoms with Gasteiger partial charge >= 0.3 is 0 Å². The molecular formula is C19H21ClN2O4. The standard InChI is InChI=1S/C19H21ClN2O4/c1-14(23)22(11-12-26-16-9-7-15(25-2)8-10-16)13-19(24)21-18-6-4-3-5-17(18)20/h3-10H,11-13H2,1-2H3,(H,21,24). The number of methoxy groups -OCH3 is 1. The molecule has 0 saturated heterocycles. The van der Waals surface area contributed by atoms with Crippen molar-refractivity contribution in [2.75, 3.05) is 32.1 Å². The van der Waals surface area contributed by atoms with Crippen LogP contribution in [-0.2, 0) is 9.59 Å². The van der Waals surface area contributed by atoms with Gasteiger partial charge in [-0.05, 0) is 36.4 Å². The number of benzene rings is 2. The highest BCUT2D eigenvalue weighted by Crippen LogP contribution is 2.20. The summed E-state index contributed by atoms with van der Waals surface area (Å²) in [6.07, 6.45) is 0. The van der Waals surface area contributed by atoms with E-state index in [9.17, 15) is 9.59 Å². The number of halogens is 1. The van der Waals surface area contributed by atoms with E-state index in [2.05, 4.69) is 5.32 Å². The zero-order valence-corrected chi connectivity index (χ0v) is 15.5. The molecule has 0 atom stereocenters. The maximum Gasteiger partial charge on any atom is 0.244 e. The van der Waals surface area contributed by atoms with Crippen LogP contribution >= 0.6 is 11.6 Å². The van der Waals surface area contributed by atoms with Gasteiger partial charge in [-0.15, -0.1) is 0 Å². The third-order valence-corrected chi connectivity index (χ3v) is 3.95. The van der Waals surface area contributed by atoms with Crippen molar-refractivity contribution in [1.82, 2.24) is 4.90 Å². The number of anilines is 1. The fraction of sp³-hybridized carbons (Fsp3) is 0.263. The lowest BCUT2D eigenvalue weighted by atomic mass is 10.3. The molecule has 0 bridgehead atoms. The van der Waals surface area contributed by atoms with Crippen molar-refractivity contribution in [3.8, 4) is 11.5 Å². The molecule has 0 unspecified atom stereocenters. The van der Waals surface area contributed by atoms with Gasteiger partial charge in [0.05, 0.1) is 30.9 Å². The van der Waals surface area contributed by atoms with Crippen LogP contribution in [0, 0.1) is 0 Å². The van der Waals surface area contributed by atoms with E-state index >= 15 is 0 Å². The molecule has 6 nitrogen and oxygen atoms in total. The molecule has 2 aromatic carbocycles. The minimum absolute atomic E-state index is 0.0769. The highest BCUT2D eigenvalue weighted by molar-refractivity contribution is 6.33. The van der Waals surface area contributed by atoms with Crippen LogP contribution in [0.2, 0.25) is 5.02 Å². The van der Waals surface area contributed by atoms with Gasteiger partial charge in [0, 0.05) is 6.92 Å². The van der Waals surface area contributed by atoms with Gasteiger partial charge in [-0.2, -0.15) is 0 Å². The number of para-hydroxylation sites is 1. The van der Waals surface area contributed by atoms with E-state index in [1.165, 1.54) is 11.8 Å². The molecule has 1 N–H and O–H groups in total. The molecule has 0 aromatic heterocycles. The molecule has 0 heterocycles. The number of ether oxygens (including phenoxy) is 2. The van der Waals surface area contributed by atoms with Crippen molar-refractivity contribution >= 4 is 29.1 Å². The first-order valence-corrected chi connectivity index (χ1v) is 8.44. The van der Waals surface area contributed by atoms with Crippen LogP contribution in [0.15, 0.2) is 48.5 Å². The molecule has 2 aromatic rings. The lowest BCUT2D eigenvalue weighted by Gasteiger charge is -2.21. The Morgan fingerprint density at radius 2 is 1.73 bits per heavy atom. The van der Waals surface area contributed by atoms with E-state index in [-0.39, 0.29) is 31.5 Å². The minimum Gasteiger partial charge on any atom is -0.497 e. The predicted octanol–water partition coefficient (Wildman–Crippen LogP) is 3.21. The summed E-state index contributed by atoms with van der Waals surface area (Å²) in [7, 11) is 1.59. The van der Waals surface area contributed by atoms with Crippen molar-refractivity contribution in [3.05, 3.63) is 53.6 Å². The number of nitrogens with one attached hydrogen (secondary N) is 1. The van der Waals surface area contributed by atoms with Gasteiger partial charge in [-0.25, -0.2) is 0 Å². The second kappa shape index (κ2) is 9.68. The van der Waals surface area contributed by atoms with Gasteiger partial charge < -0.3 is 19.7 Å². The molecule has 7 heteroatoms. The Balaban J connectivity index is 1.84. The minimum atomic E-state index is -0.322. The fourth-order valence-electron chi connectivity index (χ4n) is 2.22. The maximum atomic E-state index is 12.2. The molecule has 138 valence electrons. The molecule has 0 aliphatic heterocycles. The molecule has 0 fully saturated rings. The summed E-state index contributed by atoms with van der Waals surface area (Å²) in [6.45, 7) is 1.89. The summed E-state index contributed by atoms with van der Waals surface area (Å²) < 4.78 is 10.7. The SMILES string of the molecule is COc1ccc(OCCN(CC(=O)Nc2ccccc2Cl)C(C)=O)cc1. The summed E-state index contributed by atoms with van der Waals surface area (Å²) in [5, 5.41) is 3.14. The van der Waals surface area contributed by atoms with Crippen molar-refractivity contribution < 1.29 is 19.1 Å². The largest absolute Gasteiger partial charge is 0.497 e. The topological polar surface area (TPSA) is 67.9 Å². The highest BCUT2D eigenvalue weighted by Gasteiger charge is 2.14. The second-order valence-corrected chi connectivity index (χ2v) is 5.90. The highest BCUT2D eigenvalue weighted by atomic mass is 35.5. The van der Waals surface area contributed by atoms with E-state index in [1.807, 2.05) is 0 Å². The Kier molecular flexibility index (Phi) is 7.29. The van der Waals surface area contributed by atoms with Crippen LogP contribution in [0.25, 0.3) is 0 Å². The lowest BCUT2D eigenvalue weighted by Crippen LogP contribution is -2.39. The average molecular weight is 377 g/mol. The van der Waals surface area contributed by atoms with Gasteiger partial charge in [0.1, 0.15) is 18.1 Å². The van der Waals surface area contributed by atoms with E-state index in [0.29, 0.717) is 16.5 Å². The van der Waals surface area contributed by atoms with Gasteiger partial charge in [0.25, 0.3) is 0 Å². The summed E-state index contributed by atoms with van der Waals surface area (Å²) in [5.74, 6) is 0.865. The van der Waals surface area contributed by atoms with Crippen LogP contribution in [0.5, 0.6) is 11.5 Å². The first-order chi connectivity index (χ1) is 12.5. The fourth-order valence-corrected chi connectivity index (χ4v) is 2.40. The summed E-state index contributed by atoms with van der Waals surface area (Å²) in [5.41, 5.74) is 0.511. The summed E-state index contributed by atoms with van der Waals surface area (Å²) in [4.78, 5) is 25.3. The Morgan fingerprint density at radius 1 is 1.08 bits per heavy atom. The number of rotatable bonds is 8. The molecule has 0 radical (unpaired) electrons. The number of hydrogen-bond donors (Lipinski definition) is 1. The van der Waals surface area contributed by atoms with E-state index in [4.69, 9.17) is 21.1 Å². The monoisotopic (exact) mass is 376 g/mol. The normalized spacial score (nSPS) is 10.1. The summed E-state index contributed by atoms with van der Waals surface area (Å²) >= 11 is 6.02. The molecule has 0 saturated carbocycles. The number of amides is 2. The van der Waals surface area contributed by atoms with Crippen molar-refractivity contribution in [1.29, 1.82) is 0 Å². The van der Waals surface area contributed by atoms with Crippen molar-refractivity contribution in [2.45, 2.75) is 6.92 Å². The Hall–Kier alpha value is -2.73. The predicted molar refractivity (Wildman–Crippen MR) is 101 cm³/mol. The average Bonchev–Trinajstić information content (AvgIpc) is 2.63. The smallest absolute Gasteiger partial charge is 0.244 e. The first kappa shape index (κ1) is 19.6. The number of nitrogens with zero attached hydrogens (tertiary/aromatic N) is 1. The number of carbonyl (C=O) groups is 2. The summed E-state index contributed by atoms with van der Waals surface area (Å²) in [6, 6.07) is 14.1. The molecular weight excluding hydrogens is 356 g/mol. The van der Waals surface area contributed by atoms with Crippen LogP contribution in [0.1, 0.15) is 6.92 Å². The lowest BCUT2D eigenvalue weighted by molar-refractivity contribution is -0.133. The van der Waals surface area contributed by atoms with Crippen LogP contribution in [0.4, 0.5) is 5.69 Å². The quantitative estimate of drug-likeness (QED) is 0.768. The van der Waals surface area contributed by atoms with E-state index < -0.39 is 0 Å². The van der Waals surface area contributed by atoms with Gasteiger partial charge in [0.2, 0.25) is 11.8 Å². The molecule has 2 rings (SSSR count). The second-order valence-electron chi connectivity index (χ2n) is 5.49. The first-order valence-electron chi connectivity index (χ1n) is 8.06. The van der Waals surface area contributed by atoms with Crippen LogP contribution in [-0.4, -0.2) is 43.5 Å². The number of carbonyl (C=O) groups excluding carboxylic acids is 2. The van der Waals surface area contributed by atoms with Gasteiger partial charge in [0.15, 0.2) is 0 Å². The van der Waals surface area contributed by atoms with E-state index in [0.717, 1.165) is 5.75 Å². The Labute approximate surface area is 157 Å². The third-order valence-electron chi connectivity index (χ3n) is 3.62. The number of hydrogen-bond acceptors (Lipinski definition) is 4. The molecule has 26 heavy (non-hydrogen) atoms. The van der Waals surface area contributed by atoms with Gasteiger partial charge in [-0.1, -0.05) is 23.7 Å². The Bertz CT molecular complexity index is 749.